The van der Waals surface area contributed by atoms with E-state index in [1.54, 1.807) is 0 Å². The SMILES string of the molecule is NCCCCCCCCCCCC(=O)NC(Cc1ccc(OCc2ccccc2)cc1)C(=O)NCC(=O)NC(C=O)CCCN=C(N)N. The van der Waals surface area contributed by atoms with Gasteiger partial charge in [-0.3, -0.25) is 19.4 Å². The summed E-state index contributed by atoms with van der Waals surface area (Å²) in [6.07, 6.45) is 11.8. The normalized spacial score (nSPS) is 11.9. The molecule has 12 nitrogen and oxygen atoms in total. The minimum atomic E-state index is -0.892. The molecule has 48 heavy (non-hydrogen) atoms. The average Bonchev–Trinajstić information content (AvgIpc) is 3.09. The van der Waals surface area contributed by atoms with E-state index < -0.39 is 23.9 Å². The topological polar surface area (TPSA) is 204 Å². The van der Waals surface area contributed by atoms with E-state index >= 15 is 0 Å². The van der Waals surface area contributed by atoms with Gasteiger partial charge in [-0.05, 0) is 55.5 Å². The Balaban J connectivity index is 1.89. The van der Waals surface area contributed by atoms with E-state index in [1.165, 1.54) is 25.7 Å². The molecule has 9 N–H and O–H groups in total. The molecular formula is C36H55N7O5. The van der Waals surface area contributed by atoms with Gasteiger partial charge < -0.3 is 42.7 Å². The summed E-state index contributed by atoms with van der Waals surface area (Å²) >= 11 is 0. The molecule has 0 aliphatic carbocycles. The predicted octanol–water partition coefficient (Wildman–Crippen LogP) is 3.01. The lowest BCUT2D eigenvalue weighted by Crippen LogP contribution is -2.51. The fourth-order valence-corrected chi connectivity index (χ4v) is 5.08. The average molecular weight is 666 g/mol. The first kappa shape index (κ1) is 39.7. The quantitative estimate of drug-likeness (QED) is 0.0381. The van der Waals surface area contributed by atoms with Gasteiger partial charge in [-0.25, -0.2) is 0 Å². The number of nitrogens with zero attached hydrogens (tertiary/aromatic N) is 1. The Bertz CT molecular complexity index is 1240. The zero-order valence-electron chi connectivity index (χ0n) is 28.2. The number of nitrogens with one attached hydrogen (secondary N) is 3. The van der Waals surface area contributed by atoms with Crippen LogP contribution in [0.4, 0.5) is 0 Å². The molecule has 0 saturated carbocycles. The number of guanidine groups is 1. The molecule has 2 atom stereocenters. The highest BCUT2D eigenvalue weighted by Gasteiger charge is 2.22. The van der Waals surface area contributed by atoms with Crippen LogP contribution in [0.3, 0.4) is 0 Å². The number of aldehydes is 1. The monoisotopic (exact) mass is 665 g/mol. The van der Waals surface area contributed by atoms with Gasteiger partial charge in [0.1, 0.15) is 24.7 Å². The third-order valence-corrected chi connectivity index (χ3v) is 7.77. The summed E-state index contributed by atoms with van der Waals surface area (Å²) in [5.74, 6) is -0.591. The minimum Gasteiger partial charge on any atom is -0.489 e. The molecule has 12 heteroatoms. The van der Waals surface area contributed by atoms with E-state index in [0.717, 1.165) is 49.8 Å². The van der Waals surface area contributed by atoms with Crippen molar-refractivity contribution in [3.05, 3.63) is 65.7 Å². The molecule has 264 valence electrons. The van der Waals surface area contributed by atoms with Crippen molar-refractivity contribution < 1.29 is 23.9 Å². The standard InChI is InChI=1S/C36H55N7O5/c37-22-12-7-5-3-1-2-4-6-11-17-33(45)43-32(24-28-18-20-31(21-19-28)48-27-29-14-9-8-10-15-29)35(47)41-25-34(46)42-30(26-44)16-13-23-40-36(38)39/h8-10,14-15,18-21,26,30,32H,1-7,11-13,16-17,22-25,27,37H2,(H,41,47)(H,42,46)(H,43,45)(H4,38,39,40). The summed E-state index contributed by atoms with van der Waals surface area (Å²) in [4.78, 5) is 53.9. The van der Waals surface area contributed by atoms with Crippen molar-refractivity contribution in [1.82, 2.24) is 16.0 Å². The third kappa shape index (κ3) is 18.6. The lowest BCUT2D eigenvalue weighted by molar-refractivity contribution is -0.130. The molecule has 0 bridgehead atoms. The molecule has 3 amide bonds. The van der Waals surface area contributed by atoms with Crippen LogP contribution in [0.15, 0.2) is 59.6 Å². The fraction of sp³-hybridized carbons (Fsp3) is 0.528. The summed E-state index contributed by atoms with van der Waals surface area (Å²) in [6.45, 7) is 1.17. The van der Waals surface area contributed by atoms with Gasteiger partial charge in [0, 0.05) is 19.4 Å². The molecule has 2 rings (SSSR count). The first-order chi connectivity index (χ1) is 23.3. The van der Waals surface area contributed by atoms with Gasteiger partial charge in [-0.1, -0.05) is 87.4 Å². The zero-order valence-corrected chi connectivity index (χ0v) is 28.2. The Kier molecular flexibility index (Phi) is 20.4. The molecule has 0 aliphatic rings. The summed E-state index contributed by atoms with van der Waals surface area (Å²) in [6, 6.07) is 15.6. The van der Waals surface area contributed by atoms with Crippen molar-refractivity contribution in [1.29, 1.82) is 0 Å². The summed E-state index contributed by atoms with van der Waals surface area (Å²) in [5, 5.41) is 8.07. The van der Waals surface area contributed by atoms with Gasteiger partial charge in [0.25, 0.3) is 0 Å². The summed E-state index contributed by atoms with van der Waals surface area (Å²) in [5.41, 5.74) is 18.0. The van der Waals surface area contributed by atoms with Crippen LogP contribution >= 0.6 is 0 Å². The highest BCUT2D eigenvalue weighted by molar-refractivity contribution is 5.91. The molecule has 0 saturated heterocycles. The Morgan fingerprint density at radius 1 is 0.771 bits per heavy atom. The molecular weight excluding hydrogens is 610 g/mol. The highest BCUT2D eigenvalue weighted by atomic mass is 16.5. The number of nitrogens with two attached hydrogens (primary N) is 3. The molecule has 0 aliphatic heterocycles. The van der Waals surface area contributed by atoms with Crippen LogP contribution in [0.25, 0.3) is 0 Å². The molecule has 2 unspecified atom stereocenters. The van der Waals surface area contributed by atoms with Crippen LogP contribution in [0.1, 0.15) is 88.2 Å². The van der Waals surface area contributed by atoms with Crippen LogP contribution in [-0.2, 0) is 32.2 Å². The van der Waals surface area contributed by atoms with Crippen LogP contribution in [0.2, 0.25) is 0 Å². The molecule has 2 aromatic carbocycles. The Labute approximate surface area is 285 Å². The van der Waals surface area contributed by atoms with Gasteiger partial charge >= 0.3 is 0 Å². The first-order valence-corrected chi connectivity index (χ1v) is 17.1. The van der Waals surface area contributed by atoms with Crippen molar-refractivity contribution in [3.8, 4) is 5.75 Å². The van der Waals surface area contributed by atoms with Crippen molar-refractivity contribution in [2.45, 2.75) is 102 Å². The van der Waals surface area contributed by atoms with E-state index in [9.17, 15) is 19.2 Å². The molecule has 0 radical (unpaired) electrons. The lowest BCUT2D eigenvalue weighted by Gasteiger charge is -2.19. The second kappa shape index (κ2) is 24.7. The Morgan fingerprint density at radius 2 is 1.42 bits per heavy atom. The summed E-state index contributed by atoms with van der Waals surface area (Å²) in [7, 11) is 0. The van der Waals surface area contributed by atoms with Crippen molar-refractivity contribution >= 4 is 30.0 Å². The minimum absolute atomic E-state index is 0.0429. The van der Waals surface area contributed by atoms with Crippen LogP contribution in [0.5, 0.6) is 5.75 Å². The smallest absolute Gasteiger partial charge is 0.243 e. The first-order valence-electron chi connectivity index (χ1n) is 17.1. The number of hydrogen-bond acceptors (Lipinski definition) is 7. The third-order valence-electron chi connectivity index (χ3n) is 7.77. The number of rotatable bonds is 26. The molecule has 0 heterocycles. The number of hydrogen-bond donors (Lipinski definition) is 6. The maximum atomic E-state index is 13.2. The van der Waals surface area contributed by atoms with Gasteiger partial charge in [0.05, 0.1) is 12.6 Å². The lowest BCUT2D eigenvalue weighted by atomic mass is 10.0. The maximum Gasteiger partial charge on any atom is 0.243 e. The van der Waals surface area contributed by atoms with Gasteiger partial charge in [0.15, 0.2) is 5.96 Å². The van der Waals surface area contributed by atoms with Gasteiger partial charge in [-0.2, -0.15) is 0 Å². The van der Waals surface area contributed by atoms with Crippen LogP contribution in [-0.4, -0.2) is 61.7 Å². The number of aliphatic imine (C=N–C) groups is 1. The molecule has 0 aromatic heterocycles. The van der Waals surface area contributed by atoms with E-state index in [4.69, 9.17) is 21.9 Å². The fourth-order valence-electron chi connectivity index (χ4n) is 5.08. The van der Waals surface area contributed by atoms with Gasteiger partial charge in [0.2, 0.25) is 17.7 Å². The van der Waals surface area contributed by atoms with E-state index in [-0.39, 0.29) is 24.8 Å². The van der Waals surface area contributed by atoms with Crippen molar-refractivity contribution in [2.24, 2.45) is 22.2 Å². The maximum absolute atomic E-state index is 13.2. The molecule has 2 aromatic rings. The molecule has 0 spiro atoms. The largest absolute Gasteiger partial charge is 0.489 e. The second-order valence-electron chi connectivity index (χ2n) is 11.9. The number of amides is 3. The van der Waals surface area contributed by atoms with Crippen LogP contribution < -0.4 is 37.9 Å². The Hall–Kier alpha value is -4.45. The predicted molar refractivity (Wildman–Crippen MR) is 189 cm³/mol. The number of carbonyl (C=O) groups excluding carboxylic acids is 4. The van der Waals surface area contributed by atoms with E-state index in [0.29, 0.717) is 44.4 Å². The number of unbranched alkanes of at least 4 members (excludes halogenated alkanes) is 8. The summed E-state index contributed by atoms with van der Waals surface area (Å²) < 4.78 is 5.87. The zero-order chi connectivity index (χ0) is 34.8. The van der Waals surface area contributed by atoms with E-state index in [1.807, 2.05) is 54.6 Å². The second-order valence-corrected chi connectivity index (χ2v) is 11.9. The highest BCUT2D eigenvalue weighted by Crippen LogP contribution is 2.16. The molecule has 0 fully saturated rings. The number of ether oxygens (including phenoxy) is 1. The number of carbonyl (C=O) groups is 4. The van der Waals surface area contributed by atoms with Crippen LogP contribution in [0, 0.1) is 0 Å². The van der Waals surface area contributed by atoms with Crippen molar-refractivity contribution in [3.63, 3.8) is 0 Å². The van der Waals surface area contributed by atoms with Gasteiger partial charge in [-0.15, -0.1) is 0 Å². The Morgan fingerprint density at radius 3 is 2.04 bits per heavy atom. The van der Waals surface area contributed by atoms with E-state index in [2.05, 4.69) is 20.9 Å². The number of benzene rings is 2. The van der Waals surface area contributed by atoms with Crippen molar-refractivity contribution in [2.75, 3.05) is 19.6 Å².